The molecule has 2 aromatic heterocycles. The van der Waals surface area contributed by atoms with Crippen molar-refractivity contribution in [3.05, 3.63) is 167 Å². The molecule has 638 valence electrons. The van der Waals surface area contributed by atoms with Crippen LogP contribution in [0.2, 0.25) is 0 Å². The Labute approximate surface area is 664 Å². The number of methoxy groups -OCH3 is 2. The van der Waals surface area contributed by atoms with E-state index < -0.39 is 62.7 Å². The number of halogens is 15. The smallest absolute Gasteiger partial charge is 0.508 e. The molecule has 7 aromatic carbocycles. The fraction of sp³-hybridized carbons (Fsp3) is 0.254. The highest BCUT2D eigenvalue weighted by Crippen LogP contribution is 2.51. The van der Waals surface area contributed by atoms with Crippen LogP contribution in [0.3, 0.4) is 0 Å². The van der Waals surface area contributed by atoms with Crippen LogP contribution in [-0.2, 0) is 16.1 Å². The van der Waals surface area contributed by atoms with Gasteiger partial charge in [-0.25, -0.2) is 0 Å². The molecule has 0 atom stereocenters. The molecule has 9 aromatic rings. The van der Waals surface area contributed by atoms with Gasteiger partial charge in [0, 0.05) is 54.8 Å². The number of nitrogens with zero attached hydrogens (tertiary/aromatic N) is 3. The van der Waals surface area contributed by atoms with Gasteiger partial charge < -0.3 is 110 Å². The normalized spacial score (nSPS) is 15.5. The van der Waals surface area contributed by atoms with Gasteiger partial charge in [-0.3, -0.25) is 34.6 Å². The zero-order chi connectivity index (χ0) is 84.2. The summed E-state index contributed by atoms with van der Waals surface area (Å²) in [6.45, 7) is 4.00. The Morgan fingerprint density at radius 1 is 0.449 bits per heavy atom. The second-order valence-electron chi connectivity index (χ2n) is 22.5. The van der Waals surface area contributed by atoms with Gasteiger partial charge in [-0.05, 0) is 122 Å². The second-order valence-corrected chi connectivity index (χ2v) is 23.4. The van der Waals surface area contributed by atoms with E-state index in [2.05, 4.69) is 102 Å². The molecule has 47 heteroatoms. The van der Waals surface area contributed by atoms with Crippen LogP contribution in [0, 0.1) is 0 Å². The highest BCUT2D eigenvalue weighted by molar-refractivity contribution is 9.10. The first-order valence-electron chi connectivity index (χ1n) is 31.4. The molecule has 0 unspecified atom stereocenters. The van der Waals surface area contributed by atoms with Crippen LogP contribution in [0.1, 0.15) is 78.8 Å². The summed E-state index contributed by atoms with van der Waals surface area (Å²) in [5.74, 6) is -2.32. The SMILES string of the molecule is C.C.C.CC(C)n1nccc1-c1ncccc1COc1ccc2c(c1C=O)OC(F)(F)O2.COCOc1ccc2c(c1)OC(F)(F)O2.COCOc1ccc2c(c1C=O)OC(F)(F)O2.FC1(F)Oc2ccc(Br)cc2O1.O=Cc1c(O)ccc2c1OC(F)(F)O2.OB(O)c1ccc2c(c1)OC(F)(F)O2.OO.Oc1ccc2c(c1)OC(F)(F)O2. The minimum absolute atomic E-state index is 0. The van der Waals surface area contributed by atoms with Gasteiger partial charge in [0.1, 0.15) is 52.0 Å². The van der Waals surface area contributed by atoms with Crippen molar-refractivity contribution in [2.24, 2.45) is 0 Å². The number of hydrogen-bond donors (Lipinski definition) is 6. The number of ether oxygens (including phenoxy) is 19. The van der Waals surface area contributed by atoms with Gasteiger partial charge in [0.2, 0.25) is 0 Å². The number of phenols is 2. The van der Waals surface area contributed by atoms with E-state index in [9.17, 15) is 75.8 Å². The Kier molecular flexibility index (Phi) is 31.1. The zero-order valence-corrected chi connectivity index (χ0v) is 59.5. The maximum absolute atomic E-state index is 13.3. The van der Waals surface area contributed by atoms with Gasteiger partial charge in [0.15, 0.2) is 113 Å². The molecule has 7 aliphatic heterocycles. The van der Waals surface area contributed by atoms with E-state index in [0.29, 0.717) is 28.5 Å². The highest BCUT2D eigenvalue weighted by Gasteiger charge is 2.50. The number of rotatable bonds is 15. The molecule has 0 aliphatic carbocycles. The van der Waals surface area contributed by atoms with Crippen molar-refractivity contribution < 1.29 is 197 Å². The third-order valence-electron chi connectivity index (χ3n) is 14.3. The third-order valence-corrected chi connectivity index (χ3v) is 14.8. The molecular formula is C71H63BBrF14N3O28. The molecule has 0 saturated carbocycles. The highest BCUT2D eigenvalue weighted by atomic mass is 79.9. The number of fused-ring (bicyclic) bond motifs is 7. The van der Waals surface area contributed by atoms with Crippen LogP contribution in [0.25, 0.3) is 11.4 Å². The van der Waals surface area contributed by atoms with Gasteiger partial charge in [-0.2, -0.15) is 5.10 Å². The molecule has 0 saturated heterocycles. The van der Waals surface area contributed by atoms with E-state index in [1.54, 1.807) is 24.5 Å². The first-order chi connectivity index (χ1) is 54.2. The van der Waals surface area contributed by atoms with Crippen molar-refractivity contribution in [3.8, 4) is 121 Å². The predicted molar refractivity (Wildman–Crippen MR) is 376 cm³/mol. The van der Waals surface area contributed by atoms with Crippen molar-refractivity contribution >= 4 is 47.4 Å². The van der Waals surface area contributed by atoms with E-state index in [-0.39, 0.29) is 169 Å². The van der Waals surface area contributed by atoms with Gasteiger partial charge in [0.25, 0.3) is 0 Å². The lowest BCUT2D eigenvalue weighted by Gasteiger charge is -2.15. The number of hydrogen-bond acceptors (Lipinski definition) is 30. The maximum atomic E-state index is 13.3. The van der Waals surface area contributed by atoms with Crippen LogP contribution >= 0.6 is 15.9 Å². The van der Waals surface area contributed by atoms with Crippen LogP contribution in [-0.4, -0.2) is 143 Å². The van der Waals surface area contributed by atoms with Crippen LogP contribution in [0.4, 0.5) is 61.5 Å². The lowest BCUT2D eigenvalue weighted by Crippen LogP contribution is -2.29. The van der Waals surface area contributed by atoms with Crippen molar-refractivity contribution in [2.45, 2.75) is 92.8 Å². The van der Waals surface area contributed by atoms with E-state index in [1.165, 1.54) is 93.1 Å². The fourth-order valence-electron chi connectivity index (χ4n) is 9.75. The summed E-state index contributed by atoms with van der Waals surface area (Å²) in [7, 11) is 1.13. The van der Waals surface area contributed by atoms with Crippen LogP contribution in [0.15, 0.2) is 144 Å². The molecule has 9 heterocycles. The van der Waals surface area contributed by atoms with Gasteiger partial charge >= 0.3 is 51.2 Å². The summed E-state index contributed by atoms with van der Waals surface area (Å²) in [6.07, 6.45) is -21.4. The van der Waals surface area contributed by atoms with Crippen LogP contribution in [0.5, 0.6) is 109 Å². The topological polar surface area (TPSA) is 379 Å². The number of phenolic OH excluding ortho intramolecular Hbond substituents is 2. The van der Waals surface area contributed by atoms with Crippen LogP contribution < -0.4 is 86.0 Å². The number of benzene rings is 7. The standard InChI is InChI=1S/C20H17F2N3O4.C10H8F2O5.C9H8F2O4.C8H4F2O4.C7H5BF2O4.C7H3BrF2O2.C7H4F2O3.3CH4.H2O2/c1-12(2)25-15(7-9-24-25)18-13(4-3-8-23-18)11-27-16-5-6-17-19(14(16)10-26)29-20(21,22)28-17;1-14-5-15-7-2-3-8-9(6(7)4-13)17-10(11,12)16-8;1-12-5-13-6-2-3-7-8(4-6)15-9(10,11)14-7;9-8(10)13-6-2-1-5(12)4(3-11)7(6)14-8;9-7(10)13-5-2-1-4(8(11)12)3-6(5)14-7;8-4-1-2-5-6(3-4)12-7(9,10)11-5;8-7(9)11-5-2-1-4(10)3-6(5)12-7;;;;1-2/h3-10,12H,11H2,1-2H3;2-4H,5H2,1H3;2-4H,5H2,1H3;1-3,12H;1-3,11-12H;1-3H;1-3,10H;3*1H4;1-2H. The molecule has 0 bridgehead atoms. The number of aromatic nitrogens is 3. The average Bonchev–Trinajstić information content (AvgIpc) is 1.66. The molecule has 0 radical (unpaired) electrons. The molecule has 118 heavy (non-hydrogen) atoms. The molecule has 6 N–H and O–H groups in total. The summed E-state index contributed by atoms with van der Waals surface area (Å²) in [6, 6.07) is 28.6. The molecule has 7 aliphatic rings. The average molecular weight is 1760 g/mol. The summed E-state index contributed by atoms with van der Waals surface area (Å²) < 4.78 is 263. The van der Waals surface area contributed by atoms with E-state index >= 15 is 0 Å². The zero-order valence-electron chi connectivity index (χ0n) is 58.0. The molecule has 16 rings (SSSR count). The first kappa shape index (κ1) is 94.3. The molecular weight excluding hydrogens is 1700 g/mol. The molecule has 31 nitrogen and oxygen atoms in total. The Morgan fingerprint density at radius 2 is 0.839 bits per heavy atom. The fourth-order valence-corrected chi connectivity index (χ4v) is 10.1. The van der Waals surface area contributed by atoms with Crippen molar-refractivity contribution in [2.75, 3.05) is 27.8 Å². The van der Waals surface area contributed by atoms with Crippen molar-refractivity contribution in [1.82, 2.24) is 14.8 Å². The van der Waals surface area contributed by atoms with Crippen molar-refractivity contribution in [1.29, 1.82) is 0 Å². The Hall–Kier alpha value is -12.6. The summed E-state index contributed by atoms with van der Waals surface area (Å²) in [5, 5.41) is 51.9. The largest absolute Gasteiger partial charge is 0.586 e. The molecule has 0 spiro atoms. The Morgan fingerprint density at radius 3 is 1.31 bits per heavy atom. The van der Waals surface area contributed by atoms with Gasteiger partial charge in [-0.1, -0.05) is 50.3 Å². The lowest BCUT2D eigenvalue weighted by molar-refractivity contribution is -0.287. The third kappa shape index (κ3) is 24.0. The summed E-state index contributed by atoms with van der Waals surface area (Å²) in [5.41, 5.74) is 1.67. The molecule has 0 amide bonds. The number of aromatic hydroxyl groups is 2. The lowest BCUT2D eigenvalue weighted by atomic mass is 9.80. The summed E-state index contributed by atoms with van der Waals surface area (Å²) >= 11 is 3.12. The molecule has 0 fully saturated rings. The Balaban J connectivity index is 0.000000217. The number of pyridine rings is 1. The quantitative estimate of drug-likeness (QED) is 0.0139. The predicted octanol–water partition coefficient (Wildman–Crippen LogP) is 15.7. The monoisotopic (exact) mass is 1760 g/mol. The van der Waals surface area contributed by atoms with Gasteiger partial charge in [0.05, 0.1) is 11.4 Å². The number of alkyl halides is 14. The number of aldehydes is 3. The first-order valence-corrected chi connectivity index (χ1v) is 32.2. The van der Waals surface area contributed by atoms with Crippen molar-refractivity contribution in [3.63, 3.8) is 0 Å². The Bertz CT molecular complexity index is 4900. The van der Waals surface area contributed by atoms with E-state index in [1.807, 2.05) is 30.7 Å². The maximum Gasteiger partial charge on any atom is 0.586 e. The van der Waals surface area contributed by atoms with E-state index in [0.717, 1.165) is 35.5 Å². The minimum atomic E-state index is -3.81. The van der Waals surface area contributed by atoms with Gasteiger partial charge in [-0.15, -0.1) is 61.5 Å². The summed E-state index contributed by atoms with van der Waals surface area (Å²) in [4.78, 5) is 37.3. The number of carbonyl (C=O) groups is 3. The second kappa shape index (κ2) is 38.9. The number of carbonyl (C=O) groups excluding carboxylic acids is 3. The minimum Gasteiger partial charge on any atom is -0.508 e. The van der Waals surface area contributed by atoms with E-state index in [4.69, 9.17) is 45.0 Å².